The molecule has 0 aliphatic heterocycles. The predicted octanol–water partition coefficient (Wildman–Crippen LogP) is 2.52. The first-order valence-electron chi connectivity index (χ1n) is 5.48. The van der Waals surface area contributed by atoms with Crippen molar-refractivity contribution in [2.24, 2.45) is 5.41 Å². The highest BCUT2D eigenvalue weighted by molar-refractivity contribution is 5.98. The highest BCUT2D eigenvalue weighted by Crippen LogP contribution is 2.30. The Morgan fingerprint density at radius 2 is 1.53 bits per heavy atom. The van der Waals surface area contributed by atoms with E-state index in [-0.39, 0.29) is 12.8 Å². The summed E-state index contributed by atoms with van der Waals surface area (Å²) < 4.78 is 0. The Labute approximate surface area is 90.3 Å². The molecule has 0 saturated heterocycles. The van der Waals surface area contributed by atoms with Gasteiger partial charge in [-0.25, -0.2) is 0 Å². The van der Waals surface area contributed by atoms with Crippen molar-refractivity contribution < 1.29 is 19.8 Å². The molecule has 0 aromatic heterocycles. The number of aliphatic carboxylic acids is 2. The van der Waals surface area contributed by atoms with E-state index in [1.807, 2.05) is 0 Å². The highest BCUT2D eigenvalue weighted by atomic mass is 16.4. The summed E-state index contributed by atoms with van der Waals surface area (Å²) in [5.41, 5.74) is -1.58. The third kappa shape index (κ3) is 3.53. The van der Waals surface area contributed by atoms with Crippen molar-refractivity contribution in [2.75, 3.05) is 0 Å². The van der Waals surface area contributed by atoms with Crippen molar-refractivity contribution in [3.8, 4) is 0 Å². The van der Waals surface area contributed by atoms with Gasteiger partial charge in [-0.15, -0.1) is 0 Å². The highest BCUT2D eigenvalue weighted by Gasteiger charge is 2.43. The lowest BCUT2D eigenvalue weighted by Crippen LogP contribution is -2.38. The molecule has 0 aliphatic rings. The van der Waals surface area contributed by atoms with E-state index in [0.717, 1.165) is 19.3 Å². The van der Waals surface area contributed by atoms with Crippen LogP contribution in [0.15, 0.2) is 0 Å². The molecule has 0 unspecified atom stereocenters. The van der Waals surface area contributed by atoms with Crippen LogP contribution in [-0.2, 0) is 9.59 Å². The van der Waals surface area contributed by atoms with Gasteiger partial charge in [0.2, 0.25) is 0 Å². The summed E-state index contributed by atoms with van der Waals surface area (Å²) in [5, 5.41) is 17.9. The second kappa shape index (κ2) is 6.43. The largest absolute Gasteiger partial charge is 0.480 e. The van der Waals surface area contributed by atoms with Gasteiger partial charge in [-0.3, -0.25) is 9.59 Å². The summed E-state index contributed by atoms with van der Waals surface area (Å²) in [7, 11) is 0. The van der Waals surface area contributed by atoms with Gasteiger partial charge >= 0.3 is 11.9 Å². The van der Waals surface area contributed by atoms with Crippen molar-refractivity contribution in [1.82, 2.24) is 0 Å². The quantitative estimate of drug-likeness (QED) is 0.483. The number of rotatable bonds is 8. The molecule has 0 amide bonds. The SMILES string of the molecule is CCCCCCC(CC)(C(=O)O)C(=O)O. The minimum absolute atomic E-state index is 0.143. The molecule has 0 aromatic rings. The fourth-order valence-corrected chi connectivity index (χ4v) is 1.64. The third-order valence-electron chi connectivity index (χ3n) is 2.88. The van der Waals surface area contributed by atoms with Crippen LogP contribution in [0, 0.1) is 5.41 Å². The van der Waals surface area contributed by atoms with Crippen molar-refractivity contribution in [3.05, 3.63) is 0 Å². The summed E-state index contributed by atoms with van der Waals surface area (Å²) in [5.74, 6) is -2.43. The molecule has 0 rings (SSSR count). The Bertz CT molecular complexity index is 209. The normalized spacial score (nSPS) is 11.3. The number of hydrogen-bond donors (Lipinski definition) is 2. The first-order chi connectivity index (χ1) is 7.01. The second-order valence-electron chi connectivity index (χ2n) is 3.86. The molecule has 4 heteroatoms. The number of carbonyl (C=O) groups is 2. The molecule has 0 spiro atoms. The van der Waals surface area contributed by atoms with Crippen LogP contribution in [0.5, 0.6) is 0 Å². The average Bonchev–Trinajstić information content (AvgIpc) is 2.17. The van der Waals surface area contributed by atoms with E-state index in [2.05, 4.69) is 6.92 Å². The minimum Gasteiger partial charge on any atom is -0.480 e. The van der Waals surface area contributed by atoms with Gasteiger partial charge in [0.15, 0.2) is 5.41 Å². The molecule has 0 saturated carbocycles. The Hall–Kier alpha value is -1.06. The van der Waals surface area contributed by atoms with E-state index >= 15 is 0 Å². The lowest BCUT2D eigenvalue weighted by atomic mass is 9.80. The summed E-state index contributed by atoms with van der Waals surface area (Å²) in [4.78, 5) is 22.0. The van der Waals surface area contributed by atoms with Gasteiger partial charge in [-0.2, -0.15) is 0 Å². The zero-order chi connectivity index (χ0) is 11.9. The molecule has 0 radical (unpaired) electrons. The van der Waals surface area contributed by atoms with Crippen LogP contribution >= 0.6 is 0 Å². The van der Waals surface area contributed by atoms with E-state index in [1.165, 1.54) is 0 Å². The molecule has 0 heterocycles. The average molecular weight is 216 g/mol. The van der Waals surface area contributed by atoms with E-state index in [1.54, 1.807) is 6.92 Å². The molecule has 4 nitrogen and oxygen atoms in total. The molecule has 0 atom stereocenters. The molecule has 0 bridgehead atoms. The monoisotopic (exact) mass is 216 g/mol. The molecule has 15 heavy (non-hydrogen) atoms. The van der Waals surface area contributed by atoms with Crippen molar-refractivity contribution in [3.63, 3.8) is 0 Å². The number of carboxylic acid groups (broad SMARTS) is 2. The van der Waals surface area contributed by atoms with E-state index < -0.39 is 17.4 Å². The van der Waals surface area contributed by atoms with Crippen LogP contribution in [-0.4, -0.2) is 22.2 Å². The summed E-state index contributed by atoms with van der Waals surface area (Å²) in [6.07, 6.45) is 4.02. The topological polar surface area (TPSA) is 74.6 Å². The second-order valence-corrected chi connectivity index (χ2v) is 3.86. The molecule has 88 valence electrons. The fraction of sp³-hybridized carbons (Fsp3) is 0.818. The number of unbranched alkanes of at least 4 members (excludes halogenated alkanes) is 3. The third-order valence-corrected chi connectivity index (χ3v) is 2.88. The zero-order valence-electron chi connectivity index (χ0n) is 9.45. The predicted molar refractivity (Wildman–Crippen MR) is 56.8 cm³/mol. The molecular formula is C11H20O4. The van der Waals surface area contributed by atoms with Crippen molar-refractivity contribution >= 4 is 11.9 Å². The Kier molecular flexibility index (Phi) is 5.97. The van der Waals surface area contributed by atoms with Crippen LogP contribution in [0.3, 0.4) is 0 Å². The molecule has 0 fully saturated rings. The fourth-order valence-electron chi connectivity index (χ4n) is 1.64. The smallest absolute Gasteiger partial charge is 0.321 e. The van der Waals surface area contributed by atoms with Gasteiger partial charge in [0, 0.05) is 0 Å². The maximum Gasteiger partial charge on any atom is 0.321 e. The van der Waals surface area contributed by atoms with E-state index in [9.17, 15) is 9.59 Å². The lowest BCUT2D eigenvalue weighted by molar-refractivity contribution is -0.165. The van der Waals surface area contributed by atoms with Crippen LogP contribution in [0.25, 0.3) is 0 Å². The number of hydrogen-bond acceptors (Lipinski definition) is 2. The molecular weight excluding hydrogens is 196 g/mol. The van der Waals surface area contributed by atoms with Gasteiger partial charge in [-0.05, 0) is 12.8 Å². The van der Waals surface area contributed by atoms with Gasteiger partial charge in [-0.1, -0.05) is 39.5 Å². The van der Waals surface area contributed by atoms with Crippen LogP contribution < -0.4 is 0 Å². The summed E-state index contributed by atoms with van der Waals surface area (Å²) >= 11 is 0. The Morgan fingerprint density at radius 1 is 1.00 bits per heavy atom. The van der Waals surface area contributed by atoms with Gasteiger partial charge < -0.3 is 10.2 Å². The molecule has 0 aromatic carbocycles. The molecule has 2 N–H and O–H groups in total. The lowest BCUT2D eigenvalue weighted by Gasteiger charge is -2.22. The van der Waals surface area contributed by atoms with Crippen LogP contribution in [0.4, 0.5) is 0 Å². The van der Waals surface area contributed by atoms with Crippen LogP contribution in [0.2, 0.25) is 0 Å². The number of carboxylic acids is 2. The summed E-state index contributed by atoms with van der Waals surface area (Å²) in [6.45, 7) is 3.67. The maximum absolute atomic E-state index is 11.0. The van der Waals surface area contributed by atoms with E-state index in [4.69, 9.17) is 10.2 Å². The Balaban J connectivity index is 4.37. The minimum atomic E-state index is -1.58. The first-order valence-corrected chi connectivity index (χ1v) is 5.48. The zero-order valence-corrected chi connectivity index (χ0v) is 9.45. The summed E-state index contributed by atoms with van der Waals surface area (Å²) in [6, 6.07) is 0. The van der Waals surface area contributed by atoms with Gasteiger partial charge in [0.25, 0.3) is 0 Å². The maximum atomic E-state index is 11.0. The van der Waals surface area contributed by atoms with Crippen molar-refractivity contribution in [2.45, 2.75) is 52.4 Å². The van der Waals surface area contributed by atoms with Gasteiger partial charge in [0.1, 0.15) is 0 Å². The van der Waals surface area contributed by atoms with E-state index in [0.29, 0.717) is 6.42 Å². The Morgan fingerprint density at radius 3 is 1.87 bits per heavy atom. The van der Waals surface area contributed by atoms with Gasteiger partial charge in [0.05, 0.1) is 0 Å². The van der Waals surface area contributed by atoms with Crippen molar-refractivity contribution in [1.29, 1.82) is 0 Å². The standard InChI is InChI=1S/C11H20O4/c1-3-5-6-7-8-11(4-2,9(12)13)10(14)15/h3-8H2,1-2H3,(H,12,13)(H,14,15). The van der Waals surface area contributed by atoms with Crippen LogP contribution in [0.1, 0.15) is 52.4 Å². The molecule has 0 aliphatic carbocycles. The first kappa shape index (κ1) is 13.9.